The van der Waals surface area contributed by atoms with Crippen molar-refractivity contribution >= 4 is 29.3 Å². The number of nitrogens with two attached hydrogens (primary N) is 1. The molecule has 0 saturated carbocycles. The number of methoxy groups -OCH3 is 1. The van der Waals surface area contributed by atoms with Gasteiger partial charge in [-0.05, 0) is 12.1 Å². The molecule has 0 saturated heterocycles. The largest absolute Gasteiger partial charge is 0.468 e. The Labute approximate surface area is 109 Å². The number of para-hydroxylation sites is 1. The van der Waals surface area contributed by atoms with Gasteiger partial charge in [-0.25, -0.2) is 0 Å². The zero-order chi connectivity index (χ0) is 13.1. The number of anilines is 1. The average Bonchev–Trinajstić information content (AvgIpc) is 2.46. The van der Waals surface area contributed by atoms with Crippen LogP contribution in [-0.4, -0.2) is 30.9 Å². The van der Waals surface area contributed by atoms with Crippen LogP contribution in [0, 0.1) is 0 Å². The highest BCUT2D eigenvalue weighted by Gasteiger charge is 2.27. The number of hydrogen-bond acceptors (Lipinski definition) is 5. The van der Waals surface area contributed by atoms with Gasteiger partial charge in [0.2, 0.25) is 5.91 Å². The van der Waals surface area contributed by atoms with Crippen LogP contribution in [0.3, 0.4) is 0 Å². The first-order valence-electron chi connectivity index (χ1n) is 5.50. The maximum Gasteiger partial charge on any atom is 0.325 e. The molecule has 1 heterocycles. The van der Waals surface area contributed by atoms with Gasteiger partial charge in [0.15, 0.2) is 0 Å². The van der Waals surface area contributed by atoms with E-state index in [0.29, 0.717) is 5.69 Å². The molecule has 18 heavy (non-hydrogen) atoms. The average molecular weight is 266 g/mol. The molecule has 1 atom stereocenters. The van der Waals surface area contributed by atoms with Gasteiger partial charge in [0.25, 0.3) is 0 Å². The number of nitrogens with zero attached hydrogens (tertiary/aromatic N) is 1. The summed E-state index contributed by atoms with van der Waals surface area (Å²) < 4.78 is 4.61. The third-order valence-corrected chi connectivity index (χ3v) is 3.69. The number of fused-ring (bicyclic) bond motifs is 1. The SMILES string of the molecule is COC(=O)CN1C(=O)CC(N)Sc2ccccc21. The van der Waals surface area contributed by atoms with E-state index in [1.165, 1.54) is 23.8 Å². The lowest BCUT2D eigenvalue weighted by Crippen LogP contribution is -2.37. The van der Waals surface area contributed by atoms with Gasteiger partial charge in [-0.2, -0.15) is 0 Å². The summed E-state index contributed by atoms with van der Waals surface area (Å²) in [5.74, 6) is -0.607. The Balaban J connectivity index is 2.37. The molecule has 1 unspecified atom stereocenters. The molecule has 0 aromatic heterocycles. The van der Waals surface area contributed by atoms with E-state index in [1.807, 2.05) is 18.2 Å². The molecular weight excluding hydrogens is 252 g/mol. The fraction of sp³-hybridized carbons (Fsp3) is 0.333. The third-order valence-electron chi connectivity index (χ3n) is 2.63. The summed E-state index contributed by atoms with van der Waals surface area (Å²) >= 11 is 1.44. The highest BCUT2D eigenvalue weighted by Crippen LogP contribution is 2.35. The van der Waals surface area contributed by atoms with Crippen LogP contribution in [0.2, 0.25) is 0 Å². The smallest absolute Gasteiger partial charge is 0.325 e. The van der Waals surface area contributed by atoms with E-state index >= 15 is 0 Å². The summed E-state index contributed by atoms with van der Waals surface area (Å²) in [6.45, 7) is -0.0837. The Hall–Kier alpha value is -1.53. The highest BCUT2D eigenvalue weighted by atomic mass is 32.2. The molecule has 6 heteroatoms. The minimum atomic E-state index is -0.446. The number of carbonyl (C=O) groups is 2. The van der Waals surface area contributed by atoms with Gasteiger partial charge in [-0.15, -0.1) is 11.8 Å². The van der Waals surface area contributed by atoms with Crippen molar-refractivity contribution in [2.45, 2.75) is 16.7 Å². The second-order valence-corrected chi connectivity index (χ2v) is 5.17. The van der Waals surface area contributed by atoms with Crippen LogP contribution in [0.5, 0.6) is 0 Å². The van der Waals surface area contributed by atoms with Gasteiger partial charge < -0.3 is 10.5 Å². The van der Waals surface area contributed by atoms with Gasteiger partial charge >= 0.3 is 5.97 Å². The fourth-order valence-corrected chi connectivity index (χ4v) is 2.78. The van der Waals surface area contributed by atoms with E-state index in [2.05, 4.69) is 4.74 Å². The number of rotatable bonds is 2. The number of benzene rings is 1. The van der Waals surface area contributed by atoms with Crippen LogP contribution in [0.4, 0.5) is 5.69 Å². The molecular formula is C12H14N2O3S. The Morgan fingerprint density at radius 3 is 3.00 bits per heavy atom. The Kier molecular flexibility index (Phi) is 3.88. The second-order valence-electron chi connectivity index (χ2n) is 3.88. The summed E-state index contributed by atoms with van der Waals surface area (Å²) in [6, 6.07) is 7.41. The van der Waals surface area contributed by atoms with Crippen LogP contribution >= 0.6 is 11.8 Å². The first-order chi connectivity index (χ1) is 8.61. The number of amides is 1. The zero-order valence-electron chi connectivity index (χ0n) is 9.96. The summed E-state index contributed by atoms with van der Waals surface area (Å²) in [7, 11) is 1.30. The quantitative estimate of drug-likeness (QED) is 0.808. The van der Waals surface area contributed by atoms with Gasteiger partial charge in [0.1, 0.15) is 6.54 Å². The van der Waals surface area contributed by atoms with Crippen LogP contribution in [0.1, 0.15) is 6.42 Å². The van der Waals surface area contributed by atoms with Gasteiger partial charge in [-0.3, -0.25) is 14.5 Å². The van der Waals surface area contributed by atoms with Crippen LogP contribution in [-0.2, 0) is 14.3 Å². The van der Waals surface area contributed by atoms with Crippen molar-refractivity contribution in [3.63, 3.8) is 0 Å². The molecule has 0 spiro atoms. The van der Waals surface area contributed by atoms with Crippen molar-refractivity contribution in [2.75, 3.05) is 18.6 Å². The predicted octanol–water partition coefficient (Wildman–Crippen LogP) is 0.973. The van der Waals surface area contributed by atoms with Crippen molar-refractivity contribution in [1.29, 1.82) is 0 Å². The monoisotopic (exact) mass is 266 g/mol. The summed E-state index contributed by atoms with van der Waals surface area (Å²) in [5, 5.41) is -0.290. The van der Waals surface area contributed by atoms with Gasteiger partial charge in [0, 0.05) is 4.90 Å². The number of hydrogen-bond donors (Lipinski definition) is 1. The lowest BCUT2D eigenvalue weighted by Gasteiger charge is -2.20. The van der Waals surface area contributed by atoms with E-state index in [4.69, 9.17) is 5.73 Å². The summed E-state index contributed by atoms with van der Waals surface area (Å²) in [4.78, 5) is 25.8. The molecule has 0 fully saturated rings. The number of thioether (sulfide) groups is 1. The molecule has 5 nitrogen and oxygen atoms in total. The third kappa shape index (κ3) is 2.65. The molecule has 0 bridgehead atoms. The number of esters is 1. The molecule has 96 valence electrons. The van der Waals surface area contributed by atoms with Crippen LogP contribution in [0.15, 0.2) is 29.2 Å². The fourth-order valence-electron chi connectivity index (χ4n) is 1.77. The molecule has 1 aliphatic heterocycles. The molecule has 1 amide bonds. The van der Waals surface area contributed by atoms with E-state index < -0.39 is 5.97 Å². The Morgan fingerprint density at radius 1 is 1.56 bits per heavy atom. The minimum Gasteiger partial charge on any atom is -0.468 e. The van der Waals surface area contributed by atoms with Crippen molar-refractivity contribution in [2.24, 2.45) is 5.73 Å². The van der Waals surface area contributed by atoms with E-state index in [0.717, 1.165) is 4.90 Å². The maximum absolute atomic E-state index is 12.1. The van der Waals surface area contributed by atoms with E-state index in [-0.39, 0.29) is 24.2 Å². The molecule has 1 aliphatic rings. The first-order valence-corrected chi connectivity index (χ1v) is 6.38. The lowest BCUT2D eigenvalue weighted by molar-refractivity contribution is -0.140. The number of ether oxygens (including phenoxy) is 1. The summed E-state index contributed by atoms with van der Waals surface area (Å²) in [5.41, 5.74) is 6.58. The Bertz CT molecular complexity index is 478. The van der Waals surface area contributed by atoms with Crippen molar-refractivity contribution < 1.29 is 14.3 Å². The molecule has 0 aliphatic carbocycles. The lowest BCUT2D eigenvalue weighted by atomic mass is 10.2. The standard InChI is InChI=1S/C12H14N2O3S/c1-17-12(16)7-14-8-4-2-3-5-9(8)18-10(13)6-11(14)15/h2-5,10H,6-7,13H2,1H3. The molecule has 1 aromatic rings. The topological polar surface area (TPSA) is 72.6 Å². The van der Waals surface area contributed by atoms with E-state index in [1.54, 1.807) is 6.07 Å². The van der Waals surface area contributed by atoms with Crippen molar-refractivity contribution in [1.82, 2.24) is 0 Å². The van der Waals surface area contributed by atoms with Crippen molar-refractivity contribution in [3.8, 4) is 0 Å². The van der Waals surface area contributed by atoms with Crippen LogP contribution in [0.25, 0.3) is 0 Å². The maximum atomic E-state index is 12.1. The molecule has 1 aromatic carbocycles. The van der Waals surface area contributed by atoms with Crippen molar-refractivity contribution in [3.05, 3.63) is 24.3 Å². The second kappa shape index (κ2) is 5.41. The minimum absolute atomic E-state index is 0.0837. The van der Waals surface area contributed by atoms with Gasteiger partial charge in [0.05, 0.1) is 24.6 Å². The molecule has 0 radical (unpaired) electrons. The summed E-state index contributed by atoms with van der Waals surface area (Å²) in [6.07, 6.45) is 0.205. The van der Waals surface area contributed by atoms with E-state index in [9.17, 15) is 9.59 Å². The number of carbonyl (C=O) groups excluding carboxylic acids is 2. The first kappa shape index (κ1) is 12.9. The predicted molar refractivity (Wildman–Crippen MR) is 69.3 cm³/mol. The highest BCUT2D eigenvalue weighted by molar-refractivity contribution is 8.00. The molecule has 2 rings (SSSR count). The zero-order valence-corrected chi connectivity index (χ0v) is 10.8. The molecule has 2 N–H and O–H groups in total. The Morgan fingerprint density at radius 2 is 2.28 bits per heavy atom. The normalized spacial score (nSPS) is 19.1. The van der Waals surface area contributed by atoms with Gasteiger partial charge in [-0.1, -0.05) is 12.1 Å². The van der Waals surface area contributed by atoms with Crippen LogP contribution < -0.4 is 10.6 Å².